The van der Waals surface area contributed by atoms with Crippen molar-refractivity contribution < 1.29 is 0 Å². The summed E-state index contributed by atoms with van der Waals surface area (Å²) in [4.78, 5) is 0. The molecule has 0 aromatic heterocycles. The number of rotatable bonds is 0. The van der Waals surface area contributed by atoms with Crippen molar-refractivity contribution in [2.45, 2.75) is 27.7 Å². The lowest BCUT2D eigenvalue weighted by atomic mass is 9.90. The van der Waals surface area contributed by atoms with Gasteiger partial charge in [-0.15, -0.1) is 0 Å². The van der Waals surface area contributed by atoms with E-state index >= 15 is 0 Å². The molecule has 0 amide bonds. The molecule has 0 atom stereocenters. The first-order valence-electron chi connectivity index (χ1n) is 5.48. The van der Waals surface area contributed by atoms with Gasteiger partial charge >= 0.3 is 0 Å². The van der Waals surface area contributed by atoms with E-state index in [1.807, 2.05) is 0 Å². The molecule has 0 bridgehead atoms. The van der Waals surface area contributed by atoms with E-state index in [9.17, 15) is 0 Å². The highest BCUT2D eigenvalue weighted by molar-refractivity contribution is 5.81. The molecule has 0 unspecified atom stereocenters. The van der Waals surface area contributed by atoms with Crippen LogP contribution in [0.3, 0.4) is 0 Å². The Bertz CT molecular complexity index is 404. The van der Waals surface area contributed by atoms with Gasteiger partial charge in [-0.3, -0.25) is 0 Å². The van der Waals surface area contributed by atoms with Gasteiger partial charge in [0.2, 0.25) is 0 Å². The first kappa shape index (κ1) is 10.2. The van der Waals surface area contributed by atoms with E-state index in [4.69, 9.17) is 0 Å². The second-order valence-corrected chi connectivity index (χ2v) is 5.02. The average molecular weight is 198 g/mol. The van der Waals surface area contributed by atoms with Crippen molar-refractivity contribution >= 4 is 11.1 Å². The van der Waals surface area contributed by atoms with E-state index in [1.165, 1.54) is 22.3 Å². The predicted molar refractivity (Wildman–Crippen MR) is 67.5 cm³/mol. The molecular weight excluding hydrogens is 180 g/mol. The highest BCUT2D eigenvalue weighted by atomic mass is 14.2. The molecule has 15 heavy (non-hydrogen) atoms. The zero-order chi connectivity index (χ0) is 11.1. The molecule has 1 aliphatic rings. The van der Waals surface area contributed by atoms with Crippen LogP contribution in [0.5, 0.6) is 0 Å². The molecule has 0 spiro atoms. The van der Waals surface area contributed by atoms with E-state index in [0.29, 0.717) is 0 Å². The van der Waals surface area contributed by atoms with E-state index in [2.05, 4.69) is 64.1 Å². The Hall–Kier alpha value is -1.30. The van der Waals surface area contributed by atoms with Gasteiger partial charge in [-0.1, -0.05) is 50.3 Å². The lowest BCUT2D eigenvalue weighted by Gasteiger charge is -2.15. The van der Waals surface area contributed by atoms with Crippen LogP contribution in [-0.4, -0.2) is 0 Å². The van der Waals surface area contributed by atoms with Gasteiger partial charge in [0.05, 0.1) is 0 Å². The summed E-state index contributed by atoms with van der Waals surface area (Å²) in [7, 11) is 0. The summed E-state index contributed by atoms with van der Waals surface area (Å²) in [6.07, 6.45) is 4.70. The third kappa shape index (κ3) is 1.90. The zero-order valence-electron chi connectivity index (χ0n) is 9.96. The Morgan fingerprint density at radius 2 is 1.20 bits per heavy atom. The Morgan fingerprint density at radius 3 is 1.60 bits per heavy atom. The molecule has 0 aliphatic heterocycles. The van der Waals surface area contributed by atoms with E-state index in [-0.39, 0.29) is 5.41 Å². The lowest BCUT2D eigenvalue weighted by molar-refractivity contribution is 0.629. The molecule has 2 rings (SSSR count). The minimum Gasteiger partial charge on any atom is -0.0715 e. The Kier molecular flexibility index (Phi) is 2.30. The van der Waals surface area contributed by atoms with Gasteiger partial charge < -0.3 is 0 Å². The monoisotopic (exact) mass is 198 g/mol. The molecule has 1 aromatic carbocycles. The van der Waals surface area contributed by atoms with Gasteiger partial charge in [0.25, 0.3) is 0 Å². The first-order valence-corrected chi connectivity index (χ1v) is 5.48. The maximum Gasteiger partial charge on any atom is 0.00163 e. The average Bonchev–Trinajstić information content (AvgIpc) is 2.23. The van der Waals surface area contributed by atoms with Crippen LogP contribution in [0.4, 0.5) is 0 Å². The maximum absolute atomic E-state index is 2.35. The van der Waals surface area contributed by atoms with Crippen molar-refractivity contribution in [1.82, 2.24) is 0 Å². The summed E-state index contributed by atoms with van der Waals surface area (Å²) < 4.78 is 0. The first-order chi connectivity index (χ1) is 6.99. The summed E-state index contributed by atoms with van der Waals surface area (Å²) in [6, 6.07) is 8.64. The van der Waals surface area contributed by atoms with Crippen LogP contribution < -0.4 is 0 Å². The summed E-state index contributed by atoms with van der Waals surface area (Å²) >= 11 is 0. The molecule has 0 heteroatoms. The summed E-state index contributed by atoms with van der Waals surface area (Å²) in [5.41, 5.74) is 5.66. The Morgan fingerprint density at radius 1 is 0.800 bits per heavy atom. The third-order valence-electron chi connectivity index (χ3n) is 2.95. The van der Waals surface area contributed by atoms with E-state index in [0.717, 1.165) is 0 Å². The van der Waals surface area contributed by atoms with Crippen molar-refractivity contribution in [1.29, 1.82) is 0 Å². The van der Waals surface area contributed by atoms with Crippen LogP contribution in [0.15, 0.2) is 36.4 Å². The van der Waals surface area contributed by atoms with Gasteiger partial charge in [-0.2, -0.15) is 0 Å². The minimum atomic E-state index is 0.160. The fourth-order valence-electron chi connectivity index (χ4n) is 2.48. The van der Waals surface area contributed by atoms with Gasteiger partial charge in [0.15, 0.2) is 0 Å². The maximum atomic E-state index is 2.35. The highest BCUT2D eigenvalue weighted by Crippen LogP contribution is 2.35. The Balaban J connectivity index is 2.70. The molecule has 0 nitrogen and oxygen atoms in total. The lowest BCUT2D eigenvalue weighted by Crippen LogP contribution is -2.02. The van der Waals surface area contributed by atoms with Gasteiger partial charge in [-0.05, 0) is 36.1 Å². The van der Waals surface area contributed by atoms with Crippen molar-refractivity contribution in [3.63, 3.8) is 0 Å². The Labute approximate surface area is 92.3 Å². The summed E-state index contributed by atoms with van der Waals surface area (Å²) in [5.74, 6) is 0. The number of fused-ring (bicyclic) bond motifs is 1. The molecule has 0 saturated carbocycles. The zero-order valence-corrected chi connectivity index (χ0v) is 9.96. The SMILES string of the molecule is CC1=CC(C)(C)C=C(C)c2ccccc21. The van der Waals surface area contributed by atoms with Gasteiger partial charge in [0, 0.05) is 5.41 Å². The highest BCUT2D eigenvalue weighted by Gasteiger charge is 2.18. The molecule has 78 valence electrons. The molecule has 0 heterocycles. The van der Waals surface area contributed by atoms with Crippen molar-refractivity contribution in [3.8, 4) is 0 Å². The standard InChI is InChI=1S/C15H18/c1-11-9-15(3,4)10-12(2)14-8-6-5-7-13(11)14/h5-10H,1-4H3. The topological polar surface area (TPSA) is 0 Å². The number of hydrogen-bond acceptors (Lipinski definition) is 0. The second-order valence-electron chi connectivity index (χ2n) is 5.02. The molecule has 0 radical (unpaired) electrons. The molecule has 1 aromatic rings. The molecule has 0 fully saturated rings. The minimum absolute atomic E-state index is 0.160. The smallest absolute Gasteiger partial charge is 0.00163 e. The number of hydrogen-bond donors (Lipinski definition) is 0. The van der Waals surface area contributed by atoms with E-state index < -0.39 is 0 Å². The fourth-order valence-corrected chi connectivity index (χ4v) is 2.48. The van der Waals surface area contributed by atoms with Crippen molar-refractivity contribution in [2.24, 2.45) is 5.41 Å². The normalized spacial score (nSPS) is 18.7. The van der Waals surface area contributed by atoms with Crippen molar-refractivity contribution in [2.75, 3.05) is 0 Å². The van der Waals surface area contributed by atoms with Crippen LogP contribution in [0, 0.1) is 5.41 Å². The number of benzene rings is 1. The van der Waals surface area contributed by atoms with Crippen LogP contribution in [-0.2, 0) is 0 Å². The van der Waals surface area contributed by atoms with Crippen LogP contribution >= 0.6 is 0 Å². The predicted octanol–water partition coefficient (Wildman–Crippen LogP) is 4.53. The second kappa shape index (κ2) is 3.37. The molecule has 0 saturated heterocycles. The molecule has 0 N–H and O–H groups in total. The van der Waals surface area contributed by atoms with Gasteiger partial charge in [-0.25, -0.2) is 0 Å². The van der Waals surface area contributed by atoms with E-state index in [1.54, 1.807) is 0 Å². The van der Waals surface area contributed by atoms with Crippen LogP contribution in [0.25, 0.3) is 11.1 Å². The fraction of sp³-hybridized carbons (Fsp3) is 0.333. The van der Waals surface area contributed by atoms with Crippen LogP contribution in [0.2, 0.25) is 0 Å². The largest absolute Gasteiger partial charge is 0.0715 e. The number of allylic oxidation sites excluding steroid dienone is 4. The molecular formula is C15H18. The third-order valence-corrected chi connectivity index (χ3v) is 2.95. The van der Waals surface area contributed by atoms with Gasteiger partial charge in [0.1, 0.15) is 0 Å². The van der Waals surface area contributed by atoms with Crippen molar-refractivity contribution in [3.05, 3.63) is 47.5 Å². The van der Waals surface area contributed by atoms with Crippen LogP contribution in [0.1, 0.15) is 38.8 Å². The quantitative estimate of drug-likeness (QED) is 0.574. The summed E-state index contributed by atoms with van der Waals surface area (Å²) in [6.45, 7) is 8.91. The summed E-state index contributed by atoms with van der Waals surface area (Å²) in [5, 5.41) is 0. The molecule has 1 aliphatic carbocycles.